The number of hydrogen-bond acceptors (Lipinski definition) is 3. The first kappa shape index (κ1) is 15.3. The van der Waals surface area contributed by atoms with Crippen LogP contribution in [0.5, 0.6) is 0 Å². The van der Waals surface area contributed by atoms with Crippen molar-refractivity contribution in [2.24, 2.45) is 5.41 Å². The molecule has 20 heavy (non-hydrogen) atoms. The molecule has 1 aliphatic heterocycles. The van der Waals surface area contributed by atoms with Crippen molar-refractivity contribution in [1.29, 1.82) is 0 Å². The van der Waals surface area contributed by atoms with E-state index in [2.05, 4.69) is 40.1 Å². The van der Waals surface area contributed by atoms with Crippen molar-refractivity contribution in [1.82, 2.24) is 10.2 Å². The van der Waals surface area contributed by atoms with E-state index < -0.39 is 0 Å². The molecule has 1 heterocycles. The number of nitrogens with zero attached hydrogens (tertiary/aromatic N) is 1. The molecular formula is C15H22BrN3O. The Balaban J connectivity index is 1.93. The number of carbonyl (C=O) groups is 1. The smallest absolute Gasteiger partial charge is 0.251 e. The molecule has 1 aromatic carbocycles. The van der Waals surface area contributed by atoms with Crippen molar-refractivity contribution < 1.29 is 4.79 Å². The topological polar surface area (TPSA) is 58.4 Å². The predicted molar refractivity (Wildman–Crippen MR) is 85.7 cm³/mol. The fourth-order valence-electron chi connectivity index (χ4n) is 2.42. The summed E-state index contributed by atoms with van der Waals surface area (Å²) in [6.45, 7) is 5.15. The quantitative estimate of drug-likeness (QED) is 0.832. The van der Waals surface area contributed by atoms with Crippen molar-refractivity contribution in [3.8, 4) is 0 Å². The number of carbonyl (C=O) groups excluding carboxylic acids is 1. The fourth-order valence-corrected chi connectivity index (χ4v) is 2.66. The van der Waals surface area contributed by atoms with Gasteiger partial charge in [0.05, 0.1) is 0 Å². The van der Waals surface area contributed by atoms with Crippen LogP contribution in [0.25, 0.3) is 0 Å². The molecule has 4 nitrogen and oxygen atoms in total. The monoisotopic (exact) mass is 339 g/mol. The molecule has 0 radical (unpaired) electrons. The lowest BCUT2D eigenvalue weighted by atomic mass is 9.80. The Morgan fingerprint density at radius 2 is 2.10 bits per heavy atom. The Hall–Kier alpha value is -1.07. The van der Waals surface area contributed by atoms with E-state index in [4.69, 9.17) is 5.73 Å². The second-order valence-electron chi connectivity index (χ2n) is 6.03. The first-order valence-electron chi connectivity index (χ1n) is 6.91. The number of anilines is 1. The number of piperidine rings is 1. The Morgan fingerprint density at radius 1 is 1.45 bits per heavy atom. The molecule has 5 heteroatoms. The first-order chi connectivity index (χ1) is 9.39. The number of halogens is 1. The van der Waals surface area contributed by atoms with Crippen LogP contribution in [0, 0.1) is 5.41 Å². The van der Waals surface area contributed by atoms with Crippen molar-refractivity contribution in [3.63, 3.8) is 0 Å². The number of hydrogen-bond donors (Lipinski definition) is 2. The lowest BCUT2D eigenvalue weighted by molar-refractivity contribution is 0.0891. The molecule has 110 valence electrons. The summed E-state index contributed by atoms with van der Waals surface area (Å²) in [5.41, 5.74) is 7.20. The van der Waals surface area contributed by atoms with Gasteiger partial charge in [0.1, 0.15) is 0 Å². The predicted octanol–water partition coefficient (Wildman–Crippen LogP) is 2.49. The number of nitrogens with one attached hydrogen (secondary N) is 1. The summed E-state index contributed by atoms with van der Waals surface area (Å²) >= 11 is 3.33. The first-order valence-corrected chi connectivity index (χ1v) is 7.71. The average molecular weight is 340 g/mol. The molecule has 1 fully saturated rings. The maximum absolute atomic E-state index is 12.2. The van der Waals surface area contributed by atoms with Crippen molar-refractivity contribution >= 4 is 27.5 Å². The second-order valence-corrected chi connectivity index (χ2v) is 6.89. The maximum atomic E-state index is 12.2. The SMILES string of the molecule is CN1CCC(C)(CNC(=O)c2ccc(Br)c(N)c2)CC1. The van der Waals surface area contributed by atoms with Crippen molar-refractivity contribution in [2.75, 3.05) is 32.4 Å². The van der Waals surface area contributed by atoms with Gasteiger partial charge in [-0.15, -0.1) is 0 Å². The molecule has 0 aromatic heterocycles. The van der Waals surface area contributed by atoms with Crippen LogP contribution in [0.2, 0.25) is 0 Å². The van der Waals surface area contributed by atoms with Gasteiger partial charge in [-0.2, -0.15) is 0 Å². The molecule has 3 N–H and O–H groups in total. The zero-order chi connectivity index (χ0) is 14.8. The number of likely N-dealkylation sites (tertiary alicyclic amines) is 1. The largest absolute Gasteiger partial charge is 0.398 e. The van der Waals surface area contributed by atoms with E-state index in [9.17, 15) is 4.79 Å². The molecule has 1 aromatic rings. The highest BCUT2D eigenvalue weighted by Gasteiger charge is 2.29. The minimum absolute atomic E-state index is 0.0515. The lowest BCUT2D eigenvalue weighted by Crippen LogP contribution is -2.43. The van der Waals surface area contributed by atoms with Crippen LogP contribution in [0.1, 0.15) is 30.1 Å². The standard InChI is InChI=1S/C15H22BrN3O/c1-15(5-7-19(2)8-6-15)10-18-14(20)11-3-4-12(16)13(17)9-11/h3-4,9H,5-8,10,17H2,1-2H3,(H,18,20). The molecule has 1 aliphatic rings. The second kappa shape index (κ2) is 6.14. The van der Waals surface area contributed by atoms with E-state index >= 15 is 0 Å². The highest BCUT2D eigenvalue weighted by atomic mass is 79.9. The van der Waals surface area contributed by atoms with E-state index in [1.165, 1.54) is 0 Å². The normalized spacial score (nSPS) is 18.8. The van der Waals surface area contributed by atoms with Gasteiger partial charge < -0.3 is 16.0 Å². The van der Waals surface area contributed by atoms with Crippen LogP contribution >= 0.6 is 15.9 Å². The van der Waals surface area contributed by atoms with E-state index in [1.54, 1.807) is 12.1 Å². The third-order valence-corrected chi connectivity index (χ3v) is 4.85. The number of nitrogen functional groups attached to an aromatic ring is 1. The van der Waals surface area contributed by atoms with Crippen molar-refractivity contribution in [2.45, 2.75) is 19.8 Å². The average Bonchev–Trinajstić information content (AvgIpc) is 2.43. The van der Waals surface area contributed by atoms with Gasteiger partial charge >= 0.3 is 0 Å². The molecule has 1 amide bonds. The summed E-state index contributed by atoms with van der Waals surface area (Å²) in [6, 6.07) is 5.30. The van der Waals surface area contributed by atoms with Gasteiger partial charge in [-0.1, -0.05) is 6.92 Å². The number of nitrogens with two attached hydrogens (primary N) is 1. The Labute approximate surface area is 128 Å². The van der Waals surface area contributed by atoms with Gasteiger partial charge in [-0.05, 0) is 72.5 Å². The van der Waals surface area contributed by atoms with Gasteiger partial charge in [-0.3, -0.25) is 4.79 Å². The van der Waals surface area contributed by atoms with E-state index in [0.717, 1.165) is 36.9 Å². The maximum Gasteiger partial charge on any atom is 0.251 e. The molecule has 0 unspecified atom stereocenters. The van der Waals surface area contributed by atoms with Gasteiger partial charge in [-0.25, -0.2) is 0 Å². The highest BCUT2D eigenvalue weighted by Crippen LogP contribution is 2.29. The Morgan fingerprint density at radius 3 is 2.70 bits per heavy atom. The minimum atomic E-state index is -0.0515. The van der Waals surface area contributed by atoms with E-state index in [0.29, 0.717) is 11.3 Å². The van der Waals surface area contributed by atoms with Gasteiger partial charge in [0, 0.05) is 22.3 Å². The zero-order valence-electron chi connectivity index (χ0n) is 12.1. The van der Waals surface area contributed by atoms with Crippen LogP contribution in [0.3, 0.4) is 0 Å². The molecule has 1 saturated heterocycles. The molecular weight excluding hydrogens is 318 g/mol. The van der Waals surface area contributed by atoms with Crippen molar-refractivity contribution in [3.05, 3.63) is 28.2 Å². The van der Waals surface area contributed by atoms with E-state index in [-0.39, 0.29) is 11.3 Å². The van der Waals surface area contributed by atoms with E-state index in [1.807, 2.05) is 6.07 Å². The van der Waals surface area contributed by atoms with Crippen LogP contribution in [0.4, 0.5) is 5.69 Å². The summed E-state index contributed by atoms with van der Waals surface area (Å²) in [5.74, 6) is -0.0515. The van der Waals surface area contributed by atoms with Crippen LogP contribution in [-0.2, 0) is 0 Å². The lowest BCUT2D eigenvalue weighted by Gasteiger charge is -2.37. The Bertz CT molecular complexity index is 496. The van der Waals surface area contributed by atoms with Gasteiger partial charge in [0.25, 0.3) is 5.91 Å². The van der Waals surface area contributed by atoms with Crippen LogP contribution in [-0.4, -0.2) is 37.5 Å². The summed E-state index contributed by atoms with van der Waals surface area (Å²) < 4.78 is 0.816. The molecule has 0 aliphatic carbocycles. The third kappa shape index (κ3) is 3.73. The summed E-state index contributed by atoms with van der Waals surface area (Å²) in [6.07, 6.45) is 2.23. The minimum Gasteiger partial charge on any atom is -0.398 e. The number of rotatable bonds is 3. The summed E-state index contributed by atoms with van der Waals surface area (Å²) in [7, 11) is 2.14. The zero-order valence-corrected chi connectivity index (χ0v) is 13.7. The number of amides is 1. The van der Waals surface area contributed by atoms with Crippen LogP contribution < -0.4 is 11.1 Å². The number of benzene rings is 1. The van der Waals surface area contributed by atoms with Crippen LogP contribution in [0.15, 0.2) is 22.7 Å². The molecule has 0 bridgehead atoms. The Kier molecular flexibility index (Phi) is 4.70. The molecule has 0 spiro atoms. The summed E-state index contributed by atoms with van der Waals surface area (Å²) in [5, 5.41) is 3.04. The van der Waals surface area contributed by atoms with Gasteiger partial charge in [0.2, 0.25) is 0 Å². The van der Waals surface area contributed by atoms with Gasteiger partial charge in [0.15, 0.2) is 0 Å². The molecule has 2 rings (SSSR count). The third-order valence-electron chi connectivity index (χ3n) is 4.13. The summed E-state index contributed by atoms with van der Waals surface area (Å²) in [4.78, 5) is 14.5. The molecule has 0 atom stereocenters. The fraction of sp³-hybridized carbons (Fsp3) is 0.533. The highest BCUT2D eigenvalue weighted by molar-refractivity contribution is 9.10. The molecule has 0 saturated carbocycles.